The third-order valence-corrected chi connectivity index (χ3v) is 4.75. The van der Waals surface area contributed by atoms with E-state index in [4.69, 9.17) is 0 Å². The highest BCUT2D eigenvalue weighted by atomic mass is 19.1. The Morgan fingerprint density at radius 2 is 1.84 bits per heavy atom. The highest BCUT2D eigenvalue weighted by molar-refractivity contribution is 5.63. The van der Waals surface area contributed by atoms with Gasteiger partial charge in [-0.15, -0.1) is 0 Å². The SMILES string of the molecule is Fc1cc(-c2ccccc2)ccc1CNCc1cc2n(n1)CCCC2. The number of hydrogen-bond acceptors (Lipinski definition) is 2. The molecule has 2 heterocycles. The van der Waals surface area contributed by atoms with Crippen LogP contribution in [0.15, 0.2) is 54.6 Å². The summed E-state index contributed by atoms with van der Waals surface area (Å²) in [6, 6.07) is 17.5. The standard InChI is InChI=1S/C21H22FN3/c22-21-12-17(16-6-2-1-3-7-16)9-10-18(21)14-23-15-19-13-20-8-4-5-11-25(20)24-19/h1-3,6-7,9-10,12-13,23H,4-5,8,11,14-15H2. The summed E-state index contributed by atoms with van der Waals surface area (Å²) in [6.07, 6.45) is 3.57. The maximum Gasteiger partial charge on any atom is 0.128 e. The molecule has 1 aromatic heterocycles. The molecule has 25 heavy (non-hydrogen) atoms. The van der Waals surface area contributed by atoms with Crippen LogP contribution in [0.4, 0.5) is 4.39 Å². The van der Waals surface area contributed by atoms with Gasteiger partial charge in [-0.2, -0.15) is 5.10 Å². The van der Waals surface area contributed by atoms with Gasteiger partial charge in [0.2, 0.25) is 0 Å². The minimum Gasteiger partial charge on any atom is -0.307 e. The van der Waals surface area contributed by atoms with Gasteiger partial charge in [0, 0.05) is 30.9 Å². The van der Waals surface area contributed by atoms with Crippen molar-refractivity contribution in [3.05, 3.63) is 77.4 Å². The number of halogens is 1. The van der Waals surface area contributed by atoms with E-state index in [9.17, 15) is 4.39 Å². The fraction of sp³-hybridized carbons (Fsp3) is 0.286. The van der Waals surface area contributed by atoms with Crippen molar-refractivity contribution in [2.75, 3.05) is 0 Å². The monoisotopic (exact) mass is 335 g/mol. The van der Waals surface area contributed by atoms with Gasteiger partial charge in [-0.05, 0) is 42.5 Å². The van der Waals surface area contributed by atoms with Gasteiger partial charge >= 0.3 is 0 Å². The lowest BCUT2D eigenvalue weighted by molar-refractivity contribution is 0.481. The molecule has 0 saturated carbocycles. The first kappa shape index (κ1) is 16.0. The lowest BCUT2D eigenvalue weighted by Gasteiger charge is -2.11. The lowest BCUT2D eigenvalue weighted by Crippen LogP contribution is -2.15. The van der Waals surface area contributed by atoms with Crippen molar-refractivity contribution in [2.45, 2.75) is 38.9 Å². The molecule has 0 aliphatic carbocycles. The van der Waals surface area contributed by atoms with E-state index in [1.807, 2.05) is 42.5 Å². The smallest absolute Gasteiger partial charge is 0.128 e. The third kappa shape index (κ3) is 3.64. The minimum absolute atomic E-state index is 0.169. The van der Waals surface area contributed by atoms with E-state index in [1.54, 1.807) is 6.07 Å². The number of nitrogens with zero attached hydrogens (tertiary/aromatic N) is 2. The maximum absolute atomic E-state index is 14.4. The number of nitrogens with one attached hydrogen (secondary N) is 1. The predicted octanol–water partition coefficient (Wildman–Crippen LogP) is 4.32. The molecular weight excluding hydrogens is 313 g/mol. The van der Waals surface area contributed by atoms with Gasteiger partial charge in [-0.3, -0.25) is 4.68 Å². The molecule has 0 fully saturated rings. The van der Waals surface area contributed by atoms with Crippen molar-refractivity contribution in [1.82, 2.24) is 15.1 Å². The predicted molar refractivity (Wildman–Crippen MR) is 97.5 cm³/mol. The number of aromatic nitrogens is 2. The van der Waals surface area contributed by atoms with E-state index in [0.29, 0.717) is 18.7 Å². The van der Waals surface area contributed by atoms with Gasteiger partial charge in [0.25, 0.3) is 0 Å². The molecule has 4 heteroatoms. The Morgan fingerprint density at radius 1 is 0.960 bits per heavy atom. The van der Waals surface area contributed by atoms with Crippen LogP contribution < -0.4 is 5.32 Å². The molecule has 1 N–H and O–H groups in total. The van der Waals surface area contributed by atoms with Gasteiger partial charge in [0.15, 0.2) is 0 Å². The van der Waals surface area contributed by atoms with Gasteiger partial charge in [-0.1, -0.05) is 42.5 Å². The van der Waals surface area contributed by atoms with Crippen molar-refractivity contribution in [1.29, 1.82) is 0 Å². The normalized spacial score (nSPS) is 13.6. The van der Waals surface area contributed by atoms with Crippen LogP contribution in [0.1, 0.15) is 29.8 Å². The molecule has 0 saturated heterocycles. The molecule has 1 aliphatic heterocycles. The van der Waals surface area contributed by atoms with Gasteiger partial charge in [-0.25, -0.2) is 4.39 Å². The fourth-order valence-corrected chi connectivity index (χ4v) is 3.39. The second-order valence-corrected chi connectivity index (χ2v) is 6.58. The van der Waals surface area contributed by atoms with Crippen molar-refractivity contribution in [3.63, 3.8) is 0 Å². The van der Waals surface area contributed by atoms with Crippen molar-refractivity contribution < 1.29 is 4.39 Å². The van der Waals surface area contributed by atoms with Crippen molar-refractivity contribution in [3.8, 4) is 11.1 Å². The summed E-state index contributed by atoms with van der Waals surface area (Å²) >= 11 is 0. The first-order valence-electron chi connectivity index (χ1n) is 8.90. The fourth-order valence-electron chi connectivity index (χ4n) is 3.39. The van der Waals surface area contributed by atoms with Gasteiger partial charge < -0.3 is 5.32 Å². The van der Waals surface area contributed by atoms with Crippen molar-refractivity contribution in [2.24, 2.45) is 0 Å². The summed E-state index contributed by atoms with van der Waals surface area (Å²) in [5.41, 5.74) is 4.98. The largest absolute Gasteiger partial charge is 0.307 e. The Balaban J connectivity index is 1.39. The summed E-state index contributed by atoms with van der Waals surface area (Å²) < 4.78 is 16.5. The zero-order valence-corrected chi connectivity index (χ0v) is 14.2. The van der Waals surface area contributed by atoms with E-state index in [1.165, 1.54) is 18.5 Å². The van der Waals surface area contributed by atoms with E-state index >= 15 is 0 Å². The molecule has 2 aromatic carbocycles. The number of aryl methyl sites for hydroxylation is 2. The van der Waals surface area contributed by atoms with Crippen LogP contribution in [0.25, 0.3) is 11.1 Å². The highest BCUT2D eigenvalue weighted by Gasteiger charge is 2.12. The summed E-state index contributed by atoms with van der Waals surface area (Å²) in [6.45, 7) is 2.19. The van der Waals surface area contributed by atoms with E-state index < -0.39 is 0 Å². The molecule has 4 rings (SSSR count). The molecule has 0 bridgehead atoms. The van der Waals surface area contributed by atoms with E-state index in [0.717, 1.165) is 29.8 Å². The number of benzene rings is 2. The molecule has 0 radical (unpaired) electrons. The summed E-state index contributed by atoms with van der Waals surface area (Å²) in [4.78, 5) is 0. The van der Waals surface area contributed by atoms with Crippen molar-refractivity contribution >= 4 is 0 Å². The highest BCUT2D eigenvalue weighted by Crippen LogP contribution is 2.22. The molecule has 1 aliphatic rings. The maximum atomic E-state index is 14.4. The van der Waals surface area contributed by atoms with Crippen LogP contribution in [0, 0.1) is 5.82 Å². The lowest BCUT2D eigenvalue weighted by atomic mass is 10.0. The first-order chi connectivity index (χ1) is 12.3. The van der Waals surface area contributed by atoms with Crippen LogP contribution in [0.5, 0.6) is 0 Å². The topological polar surface area (TPSA) is 29.9 Å². The van der Waals surface area contributed by atoms with Crippen LogP contribution in [-0.2, 0) is 26.1 Å². The second kappa shape index (κ2) is 7.19. The zero-order chi connectivity index (χ0) is 17.1. The minimum atomic E-state index is -0.169. The summed E-state index contributed by atoms with van der Waals surface area (Å²) in [5.74, 6) is -0.169. The van der Waals surface area contributed by atoms with Gasteiger partial charge in [0.1, 0.15) is 5.82 Å². The molecule has 0 spiro atoms. The first-order valence-corrected chi connectivity index (χ1v) is 8.90. The van der Waals surface area contributed by atoms with E-state index in [-0.39, 0.29) is 5.82 Å². The van der Waals surface area contributed by atoms with E-state index in [2.05, 4.69) is 21.2 Å². The average molecular weight is 335 g/mol. The Labute approximate surface area is 147 Å². The molecule has 128 valence electrons. The quantitative estimate of drug-likeness (QED) is 0.753. The zero-order valence-electron chi connectivity index (χ0n) is 14.2. The Hall–Kier alpha value is -2.46. The summed E-state index contributed by atoms with van der Waals surface area (Å²) in [7, 11) is 0. The average Bonchev–Trinajstić information content (AvgIpc) is 3.06. The van der Waals surface area contributed by atoms with Crippen LogP contribution in [0.2, 0.25) is 0 Å². The number of hydrogen-bond donors (Lipinski definition) is 1. The Bertz CT molecular complexity index is 831. The number of rotatable bonds is 5. The van der Waals surface area contributed by atoms with Crippen LogP contribution >= 0.6 is 0 Å². The van der Waals surface area contributed by atoms with Gasteiger partial charge in [0.05, 0.1) is 5.69 Å². The Morgan fingerprint density at radius 3 is 2.64 bits per heavy atom. The summed E-state index contributed by atoms with van der Waals surface area (Å²) in [5, 5.41) is 7.93. The Kier molecular flexibility index (Phi) is 4.61. The molecule has 0 amide bonds. The molecule has 0 atom stereocenters. The third-order valence-electron chi connectivity index (χ3n) is 4.75. The molecule has 0 unspecified atom stereocenters. The molecule has 3 aromatic rings. The van der Waals surface area contributed by atoms with Crippen LogP contribution in [-0.4, -0.2) is 9.78 Å². The number of fused-ring (bicyclic) bond motifs is 1. The molecular formula is C21H22FN3. The van der Waals surface area contributed by atoms with Crippen LogP contribution in [0.3, 0.4) is 0 Å². The second-order valence-electron chi connectivity index (χ2n) is 6.58. The molecule has 3 nitrogen and oxygen atoms in total.